The van der Waals surface area contributed by atoms with Crippen LogP contribution in [0.2, 0.25) is 0 Å². The molecule has 3 N–H and O–H groups in total. The van der Waals surface area contributed by atoms with E-state index in [9.17, 15) is 14.4 Å². The zero-order valence-corrected chi connectivity index (χ0v) is 23.1. The van der Waals surface area contributed by atoms with Crippen molar-refractivity contribution in [3.63, 3.8) is 0 Å². The molecule has 6 rings (SSSR count). The molecular weight excluding hydrogens is 534 g/mol. The monoisotopic (exact) mass is 561 g/mol. The number of aryl methyl sites for hydroxylation is 2. The number of para-hydroxylation sites is 1. The lowest BCUT2D eigenvalue weighted by Crippen LogP contribution is -2.34. The van der Waals surface area contributed by atoms with E-state index in [2.05, 4.69) is 20.5 Å². The number of benzene rings is 2. The van der Waals surface area contributed by atoms with Crippen LogP contribution in [-0.4, -0.2) is 45.6 Å². The number of aromatic nitrogens is 7. The van der Waals surface area contributed by atoms with Crippen molar-refractivity contribution in [1.29, 1.82) is 0 Å². The first-order chi connectivity index (χ1) is 20.2. The Labute approximate surface area is 239 Å². The number of nitrogens with two attached hydrogens (primary N) is 1. The number of nitrogens with one attached hydrogen (secondary N) is 1. The Hall–Kier alpha value is -5.65. The molecule has 0 saturated heterocycles. The number of hydrogen-bond donors (Lipinski definition) is 2. The molecule has 1 atom stereocenters. The molecule has 4 heterocycles. The predicted molar refractivity (Wildman–Crippen MR) is 157 cm³/mol. The Bertz CT molecular complexity index is 2060. The molecule has 0 fully saturated rings. The fourth-order valence-corrected chi connectivity index (χ4v) is 5.05. The summed E-state index contributed by atoms with van der Waals surface area (Å²) in [5, 5.41) is 11.6. The van der Waals surface area contributed by atoms with Crippen molar-refractivity contribution in [2.45, 2.75) is 26.3 Å². The van der Waals surface area contributed by atoms with E-state index in [0.29, 0.717) is 39.2 Å². The van der Waals surface area contributed by atoms with Gasteiger partial charge in [0.2, 0.25) is 0 Å². The quantitative estimate of drug-likeness (QED) is 0.282. The minimum absolute atomic E-state index is 0.000797. The summed E-state index contributed by atoms with van der Waals surface area (Å²) in [5.74, 6) is -0.322. The molecular formula is C30H27N9O3. The molecule has 12 heteroatoms. The van der Waals surface area contributed by atoms with E-state index in [1.807, 2.05) is 25.1 Å². The summed E-state index contributed by atoms with van der Waals surface area (Å²) in [5.41, 5.74) is 8.97. The predicted octanol–water partition coefficient (Wildman–Crippen LogP) is 2.97. The van der Waals surface area contributed by atoms with Crippen LogP contribution in [0.25, 0.3) is 22.2 Å². The Morgan fingerprint density at radius 2 is 1.86 bits per heavy atom. The molecule has 42 heavy (non-hydrogen) atoms. The lowest BCUT2D eigenvalue weighted by Gasteiger charge is -2.20. The fourth-order valence-electron chi connectivity index (χ4n) is 5.05. The maximum atomic E-state index is 14.2. The van der Waals surface area contributed by atoms with Gasteiger partial charge >= 0.3 is 0 Å². The number of anilines is 1. The SMILES string of the molecule is Cc1ccnc2c(C(=O)NC(C)c3nc4cccc(CC(=O)c5cnn(C)c5)c4c(=O)n3-c3ccccc3)c(N)nn12. The van der Waals surface area contributed by atoms with Gasteiger partial charge < -0.3 is 11.1 Å². The van der Waals surface area contributed by atoms with Gasteiger partial charge in [-0.15, -0.1) is 5.10 Å². The molecule has 0 aliphatic rings. The maximum absolute atomic E-state index is 14.2. The Kier molecular flexibility index (Phi) is 6.57. The van der Waals surface area contributed by atoms with Crippen LogP contribution >= 0.6 is 0 Å². The number of nitrogens with zero attached hydrogens (tertiary/aromatic N) is 7. The molecule has 1 unspecified atom stereocenters. The van der Waals surface area contributed by atoms with Crippen molar-refractivity contribution >= 4 is 34.1 Å². The molecule has 0 saturated carbocycles. The van der Waals surface area contributed by atoms with Crippen LogP contribution in [0.15, 0.2) is 78.0 Å². The molecule has 0 spiro atoms. The summed E-state index contributed by atoms with van der Waals surface area (Å²) in [6.07, 6.45) is 4.73. The Morgan fingerprint density at radius 3 is 2.60 bits per heavy atom. The van der Waals surface area contributed by atoms with E-state index in [0.717, 1.165) is 5.69 Å². The second kappa shape index (κ2) is 10.4. The lowest BCUT2D eigenvalue weighted by molar-refractivity contribution is 0.0938. The second-order valence-corrected chi connectivity index (χ2v) is 10.0. The van der Waals surface area contributed by atoms with Crippen molar-refractivity contribution in [2.24, 2.45) is 7.05 Å². The molecule has 0 bridgehead atoms. The lowest BCUT2D eigenvalue weighted by atomic mass is 10.0. The van der Waals surface area contributed by atoms with Gasteiger partial charge in [-0.1, -0.05) is 30.3 Å². The summed E-state index contributed by atoms with van der Waals surface area (Å²) in [4.78, 5) is 49.9. The van der Waals surface area contributed by atoms with Gasteiger partial charge in [-0.3, -0.25) is 23.6 Å². The third-order valence-corrected chi connectivity index (χ3v) is 7.10. The first-order valence-electron chi connectivity index (χ1n) is 13.3. The van der Waals surface area contributed by atoms with Crippen LogP contribution in [0.5, 0.6) is 0 Å². The minimum Gasteiger partial charge on any atom is -0.381 e. The summed E-state index contributed by atoms with van der Waals surface area (Å²) in [6, 6.07) is 15.3. The van der Waals surface area contributed by atoms with E-state index >= 15 is 0 Å². The average molecular weight is 562 g/mol. The van der Waals surface area contributed by atoms with Crippen LogP contribution in [0, 0.1) is 6.92 Å². The third kappa shape index (κ3) is 4.58. The molecule has 2 aromatic carbocycles. The van der Waals surface area contributed by atoms with Gasteiger partial charge in [0.1, 0.15) is 11.4 Å². The van der Waals surface area contributed by atoms with Gasteiger partial charge in [-0.25, -0.2) is 14.5 Å². The Balaban J connectivity index is 1.45. The van der Waals surface area contributed by atoms with Crippen molar-refractivity contribution < 1.29 is 9.59 Å². The van der Waals surface area contributed by atoms with Gasteiger partial charge in [0.25, 0.3) is 11.5 Å². The maximum Gasteiger partial charge on any atom is 0.266 e. The number of amides is 1. The molecule has 210 valence electrons. The third-order valence-electron chi connectivity index (χ3n) is 7.10. The van der Waals surface area contributed by atoms with E-state index in [4.69, 9.17) is 10.7 Å². The van der Waals surface area contributed by atoms with Crippen molar-refractivity contribution in [1.82, 2.24) is 39.2 Å². The van der Waals surface area contributed by atoms with Gasteiger partial charge in [0, 0.05) is 31.6 Å². The molecule has 0 aliphatic heterocycles. The highest BCUT2D eigenvalue weighted by Gasteiger charge is 2.25. The van der Waals surface area contributed by atoms with Crippen LogP contribution in [0.1, 0.15) is 50.8 Å². The van der Waals surface area contributed by atoms with Crippen LogP contribution in [0.3, 0.4) is 0 Å². The highest BCUT2D eigenvalue weighted by Crippen LogP contribution is 2.23. The zero-order chi connectivity index (χ0) is 29.5. The first-order valence-corrected chi connectivity index (χ1v) is 13.3. The van der Waals surface area contributed by atoms with E-state index in [1.54, 1.807) is 67.4 Å². The molecule has 1 amide bonds. The molecule has 0 aliphatic carbocycles. The number of rotatable bonds is 7. The van der Waals surface area contributed by atoms with Crippen molar-refractivity contribution in [2.75, 3.05) is 5.73 Å². The summed E-state index contributed by atoms with van der Waals surface area (Å²) >= 11 is 0. The van der Waals surface area contributed by atoms with Gasteiger partial charge in [0.15, 0.2) is 17.2 Å². The number of carbonyl (C=O) groups is 2. The normalized spacial score (nSPS) is 12.1. The highest BCUT2D eigenvalue weighted by molar-refractivity contribution is 6.04. The first kappa shape index (κ1) is 26.6. The smallest absolute Gasteiger partial charge is 0.266 e. The molecule has 6 aromatic rings. The van der Waals surface area contributed by atoms with E-state index < -0.39 is 11.9 Å². The Morgan fingerprint density at radius 1 is 1.07 bits per heavy atom. The van der Waals surface area contributed by atoms with Crippen molar-refractivity contribution in [3.05, 3.63) is 112 Å². The minimum atomic E-state index is -0.727. The summed E-state index contributed by atoms with van der Waals surface area (Å²) in [6.45, 7) is 3.57. The molecule has 0 radical (unpaired) electrons. The van der Waals surface area contributed by atoms with Crippen LogP contribution in [-0.2, 0) is 13.5 Å². The summed E-state index contributed by atoms with van der Waals surface area (Å²) < 4.78 is 4.53. The fraction of sp³-hybridized carbons (Fsp3) is 0.167. The summed E-state index contributed by atoms with van der Waals surface area (Å²) in [7, 11) is 1.74. The number of fused-ring (bicyclic) bond motifs is 2. The topological polar surface area (TPSA) is 155 Å². The average Bonchev–Trinajstić information content (AvgIpc) is 3.56. The second-order valence-electron chi connectivity index (χ2n) is 10.0. The van der Waals surface area contributed by atoms with E-state index in [1.165, 1.54) is 15.3 Å². The number of Topliss-reactive ketones (excluding diaryl/α,β-unsaturated/α-hetero) is 1. The van der Waals surface area contributed by atoms with Gasteiger partial charge in [-0.05, 0) is 43.7 Å². The van der Waals surface area contributed by atoms with Crippen LogP contribution < -0.4 is 16.6 Å². The number of ketones is 1. The highest BCUT2D eigenvalue weighted by atomic mass is 16.2. The van der Waals surface area contributed by atoms with E-state index in [-0.39, 0.29) is 29.1 Å². The standard InChI is InChI=1S/C30H27N9O3/c1-17-12-13-32-28-25(26(31)36-39(17)28)29(41)34-18(2)27-35-22-11-7-8-19(14-23(40)20-15-33-37(3)16-20)24(22)30(42)38(27)21-9-5-4-6-10-21/h4-13,15-16,18H,14H2,1-3H3,(H2,31,36)(H,34,41). The zero-order valence-electron chi connectivity index (χ0n) is 23.1. The molecule has 12 nitrogen and oxygen atoms in total. The number of nitrogen functional groups attached to an aromatic ring is 1. The molecule has 4 aromatic heterocycles. The largest absolute Gasteiger partial charge is 0.381 e. The number of hydrogen-bond acceptors (Lipinski definition) is 8. The van der Waals surface area contributed by atoms with Gasteiger partial charge in [0.05, 0.1) is 34.4 Å². The van der Waals surface area contributed by atoms with Gasteiger partial charge in [-0.2, -0.15) is 5.10 Å². The number of carbonyl (C=O) groups excluding carboxylic acids is 2. The van der Waals surface area contributed by atoms with Crippen molar-refractivity contribution in [3.8, 4) is 5.69 Å². The van der Waals surface area contributed by atoms with Crippen LogP contribution in [0.4, 0.5) is 5.82 Å².